The van der Waals surface area contributed by atoms with Gasteiger partial charge < -0.3 is 14.2 Å². The van der Waals surface area contributed by atoms with E-state index >= 15 is 0 Å². The Balaban J connectivity index is 4.54. The highest BCUT2D eigenvalue weighted by atomic mass is 16.6. The summed E-state index contributed by atoms with van der Waals surface area (Å²) in [6.07, 6.45) is 72.5. The van der Waals surface area contributed by atoms with E-state index in [4.69, 9.17) is 14.2 Å². The molecule has 6 heteroatoms. The predicted octanol–water partition coefficient (Wildman–Crippen LogP) is 18.5. The van der Waals surface area contributed by atoms with E-state index < -0.39 is 6.10 Å². The molecule has 0 aromatic heterocycles. The monoisotopic (exact) mass is 931 g/mol. The first kappa shape index (κ1) is 63.3. The van der Waals surface area contributed by atoms with Crippen LogP contribution in [0.4, 0.5) is 0 Å². The summed E-state index contributed by atoms with van der Waals surface area (Å²) >= 11 is 0. The third-order valence-electron chi connectivity index (χ3n) is 11.5. The van der Waals surface area contributed by atoms with Crippen LogP contribution in [0.25, 0.3) is 0 Å². The highest BCUT2D eigenvalue weighted by Crippen LogP contribution is 2.13. The Labute approximate surface area is 413 Å². The minimum absolute atomic E-state index is 0.115. The molecule has 0 aromatic carbocycles. The lowest BCUT2D eigenvalue weighted by Gasteiger charge is -2.18. The second-order valence-electron chi connectivity index (χ2n) is 18.1. The van der Waals surface area contributed by atoms with E-state index in [2.05, 4.69) is 118 Å². The zero-order valence-electron chi connectivity index (χ0n) is 43.6. The van der Waals surface area contributed by atoms with Crippen molar-refractivity contribution in [2.75, 3.05) is 13.2 Å². The van der Waals surface area contributed by atoms with Crippen molar-refractivity contribution in [1.82, 2.24) is 0 Å². The first-order valence-corrected chi connectivity index (χ1v) is 27.7. The molecule has 0 heterocycles. The van der Waals surface area contributed by atoms with Crippen molar-refractivity contribution in [3.63, 3.8) is 0 Å². The van der Waals surface area contributed by atoms with Gasteiger partial charge in [0.25, 0.3) is 0 Å². The highest BCUT2D eigenvalue weighted by Gasteiger charge is 2.19. The van der Waals surface area contributed by atoms with Crippen LogP contribution in [0, 0.1) is 0 Å². The van der Waals surface area contributed by atoms with Crippen LogP contribution in [0.15, 0.2) is 97.2 Å². The third kappa shape index (κ3) is 53.2. The quantitative estimate of drug-likeness (QED) is 0.0262. The van der Waals surface area contributed by atoms with Gasteiger partial charge in [-0.3, -0.25) is 14.4 Å². The zero-order valence-corrected chi connectivity index (χ0v) is 43.6. The van der Waals surface area contributed by atoms with Crippen molar-refractivity contribution < 1.29 is 28.6 Å². The van der Waals surface area contributed by atoms with Crippen molar-refractivity contribution in [3.05, 3.63) is 97.2 Å². The van der Waals surface area contributed by atoms with Gasteiger partial charge >= 0.3 is 17.9 Å². The fourth-order valence-electron chi connectivity index (χ4n) is 7.32. The van der Waals surface area contributed by atoms with Gasteiger partial charge in [-0.25, -0.2) is 0 Å². The lowest BCUT2D eigenvalue weighted by molar-refractivity contribution is -0.167. The van der Waals surface area contributed by atoms with Crippen LogP contribution in [0.3, 0.4) is 0 Å². The number of allylic oxidation sites excluding steroid dienone is 16. The minimum atomic E-state index is -0.824. The molecule has 0 saturated heterocycles. The molecule has 1 atom stereocenters. The van der Waals surface area contributed by atoms with Gasteiger partial charge in [-0.15, -0.1) is 0 Å². The van der Waals surface area contributed by atoms with Crippen LogP contribution in [-0.2, 0) is 28.6 Å². The fourth-order valence-corrected chi connectivity index (χ4v) is 7.32. The second-order valence-corrected chi connectivity index (χ2v) is 18.1. The van der Waals surface area contributed by atoms with E-state index in [1.165, 1.54) is 122 Å². The van der Waals surface area contributed by atoms with Crippen LogP contribution in [0.1, 0.15) is 252 Å². The summed E-state index contributed by atoms with van der Waals surface area (Å²) in [7, 11) is 0. The number of hydrogen-bond donors (Lipinski definition) is 0. The van der Waals surface area contributed by atoms with Crippen molar-refractivity contribution >= 4 is 17.9 Å². The standard InChI is InChI=1S/C61H102O6/c1-4-7-10-13-16-19-22-25-28-30-33-36-39-42-45-48-51-54-60(63)66-57-58(56-65-59(62)53-50-47-44-41-38-35-32-27-24-21-18-15-12-9-6-3)67-61(64)55-52-49-46-43-40-37-34-31-29-26-23-20-17-14-11-8-5-2/h16,18-19,21,25-29,32,34,37-38,41,43,46,58H,4-15,17,20,22-24,30-31,33,35-36,39-40,42,44-45,47-57H2,1-3H3/b19-16-,21-18-,28-25-,29-26-,32-27-,37-34-,41-38-,46-43-/t58-/m0/s1. The van der Waals surface area contributed by atoms with Gasteiger partial charge in [-0.1, -0.05) is 208 Å². The van der Waals surface area contributed by atoms with E-state index in [9.17, 15) is 14.4 Å². The lowest BCUT2D eigenvalue weighted by Crippen LogP contribution is -2.30. The summed E-state index contributed by atoms with van der Waals surface area (Å²) < 4.78 is 16.8. The smallest absolute Gasteiger partial charge is 0.306 e. The summed E-state index contributed by atoms with van der Waals surface area (Å²) in [6, 6.07) is 0. The maximum atomic E-state index is 12.8. The Morgan fingerprint density at radius 3 is 0.940 bits per heavy atom. The average molecular weight is 931 g/mol. The molecule has 0 amide bonds. The minimum Gasteiger partial charge on any atom is -0.462 e. The molecule has 6 nitrogen and oxygen atoms in total. The van der Waals surface area contributed by atoms with E-state index in [1.807, 2.05) is 0 Å². The Morgan fingerprint density at radius 2 is 0.552 bits per heavy atom. The van der Waals surface area contributed by atoms with Gasteiger partial charge in [0.2, 0.25) is 0 Å². The van der Waals surface area contributed by atoms with Crippen molar-refractivity contribution in [2.24, 2.45) is 0 Å². The van der Waals surface area contributed by atoms with Gasteiger partial charge in [0.05, 0.1) is 0 Å². The molecule has 0 spiro atoms. The second kappa shape index (κ2) is 54.9. The van der Waals surface area contributed by atoms with Gasteiger partial charge in [0.15, 0.2) is 6.10 Å². The molecule has 67 heavy (non-hydrogen) atoms. The number of esters is 3. The van der Waals surface area contributed by atoms with Crippen molar-refractivity contribution in [3.8, 4) is 0 Å². The van der Waals surface area contributed by atoms with E-state index in [0.717, 1.165) is 83.5 Å². The number of rotatable bonds is 49. The summed E-state index contributed by atoms with van der Waals surface area (Å²) in [4.78, 5) is 38.1. The predicted molar refractivity (Wildman–Crippen MR) is 288 cm³/mol. The van der Waals surface area contributed by atoms with Crippen LogP contribution < -0.4 is 0 Å². The number of carbonyl (C=O) groups excluding carboxylic acids is 3. The van der Waals surface area contributed by atoms with Crippen LogP contribution >= 0.6 is 0 Å². The van der Waals surface area contributed by atoms with Crippen LogP contribution in [-0.4, -0.2) is 37.2 Å². The molecule has 0 aliphatic carbocycles. The van der Waals surface area contributed by atoms with Crippen molar-refractivity contribution in [2.45, 2.75) is 258 Å². The molecule has 0 unspecified atom stereocenters. The molecule has 0 bridgehead atoms. The molecule has 0 aliphatic heterocycles. The Morgan fingerprint density at radius 1 is 0.299 bits per heavy atom. The highest BCUT2D eigenvalue weighted by molar-refractivity contribution is 5.71. The van der Waals surface area contributed by atoms with E-state index in [1.54, 1.807) is 0 Å². The molecule has 382 valence electrons. The van der Waals surface area contributed by atoms with Gasteiger partial charge in [0, 0.05) is 19.3 Å². The Bertz CT molecular complexity index is 1350. The number of ether oxygens (including phenoxy) is 3. The molecule has 0 radical (unpaired) electrons. The summed E-state index contributed by atoms with van der Waals surface area (Å²) in [5.74, 6) is -1.01. The first-order valence-electron chi connectivity index (χ1n) is 27.7. The molecule has 0 fully saturated rings. The Hall–Kier alpha value is -3.67. The number of hydrogen-bond acceptors (Lipinski definition) is 6. The first-order chi connectivity index (χ1) is 33.0. The number of unbranched alkanes of at least 4 members (excludes halogenated alkanes) is 22. The maximum absolute atomic E-state index is 12.8. The molecule has 0 saturated carbocycles. The fraction of sp³-hybridized carbons (Fsp3) is 0.689. The van der Waals surface area contributed by atoms with Gasteiger partial charge in [0.1, 0.15) is 13.2 Å². The molecule has 0 aliphatic rings. The zero-order chi connectivity index (χ0) is 48.6. The summed E-state index contributed by atoms with van der Waals surface area (Å²) in [5.41, 5.74) is 0. The molecular formula is C61H102O6. The van der Waals surface area contributed by atoms with E-state index in [0.29, 0.717) is 19.3 Å². The third-order valence-corrected chi connectivity index (χ3v) is 11.5. The van der Waals surface area contributed by atoms with E-state index in [-0.39, 0.29) is 37.5 Å². The molecule has 0 aromatic rings. The summed E-state index contributed by atoms with van der Waals surface area (Å²) in [6.45, 7) is 6.49. The molecule has 0 N–H and O–H groups in total. The normalized spacial score (nSPS) is 12.8. The largest absolute Gasteiger partial charge is 0.462 e. The molecular weight excluding hydrogens is 829 g/mol. The lowest BCUT2D eigenvalue weighted by atomic mass is 10.1. The Kier molecular flexibility index (Phi) is 51.9. The van der Waals surface area contributed by atoms with Crippen LogP contribution in [0.2, 0.25) is 0 Å². The average Bonchev–Trinajstić information content (AvgIpc) is 3.33. The van der Waals surface area contributed by atoms with Gasteiger partial charge in [-0.2, -0.15) is 0 Å². The number of carbonyl (C=O) groups is 3. The topological polar surface area (TPSA) is 78.9 Å². The van der Waals surface area contributed by atoms with Crippen molar-refractivity contribution in [1.29, 1.82) is 0 Å². The van der Waals surface area contributed by atoms with Gasteiger partial charge in [-0.05, 0) is 122 Å². The SMILES string of the molecule is CCCCC/C=C\C/C=C\C/C=C\CCCCC(=O)OC[C@@H](COC(=O)CCCCCCCCC/C=C\C/C=C\CCCCC)OC(=O)CCC/C=C\C/C=C\C/C=C\CCCCCCCC. The molecule has 0 rings (SSSR count). The van der Waals surface area contributed by atoms with Crippen LogP contribution in [0.5, 0.6) is 0 Å². The maximum Gasteiger partial charge on any atom is 0.306 e. The summed E-state index contributed by atoms with van der Waals surface area (Å²) in [5, 5.41) is 0.